The molecule has 0 unspecified atom stereocenters. The first-order chi connectivity index (χ1) is 16.5. The summed E-state index contributed by atoms with van der Waals surface area (Å²) < 4.78 is 0. The second-order valence-electron chi connectivity index (χ2n) is 7.60. The van der Waals surface area contributed by atoms with Crippen LogP contribution in [0.5, 0.6) is 0 Å². The Labute approximate surface area is 198 Å². The Balaban J connectivity index is 0.000000202. The van der Waals surface area contributed by atoms with E-state index in [1.54, 1.807) is 36.4 Å². The number of nitrogens with two attached hydrogens (primary N) is 1. The van der Waals surface area contributed by atoms with Crippen molar-refractivity contribution >= 4 is 17.5 Å². The van der Waals surface area contributed by atoms with E-state index in [4.69, 9.17) is 10.8 Å². The second-order valence-corrected chi connectivity index (χ2v) is 7.60. The van der Waals surface area contributed by atoms with Crippen molar-refractivity contribution in [2.24, 2.45) is 5.73 Å². The largest absolute Gasteiger partial charge is 0.480 e. The molecule has 0 saturated carbocycles. The van der Waals surface area contributed by atoms with E-state index in [1.807, 2.05) is 78.9 Å². The Morgan fingerprint density at radius 3 is 1.21 bits per heavy atom. The number of hydrogen-bond acceptors (Lipinski definition) is 4. The molecule has 0 aromatic heterocycles. The van der Waals surface area contributed by atoms with Gasteiger partial charge in [0.2, 0.25) is 0 Å². The van der Waals surface area contributed by atoms with Crippen LogP contribution in [0.2, 0.25) is 0 Å². The van der Waals surface area contributed by atoms with Crippen molar-refractivity contribution in [2.75, 3.05) is 0 Å². The predicted octanol–water partition coefficient (Wildman–Crippen LogP) is 4.79. The highest BCUT2D eigenvalue weighted by Gasteiger charge is 2.13. The average molecular weight is 452 g/mol. The summed E-state index contributed by atoms with van der Waals surface area (Å²) in [7, 11) is 0. The summed E-state index contributed by atoms with van der Waals surface area (Å²) in [6.07, 6.45) is 0.245. The maximum atomic E-state index is 12.2. The van der Waals surface area contributed by atoms with Gasteiger partial charge in [0.1, 0.15) is 6.04 Å². The quantitative estimate of drug-likeness (QED) is 0.394. The van der Waals surface area contributed by atoms with Crippen LogP contribution < -0.4 is 5.73 Å². The molecule has 34 heavy (non-hydrogen) atoms. The normalized spacial score (nSPS) is 11.0. The molecule has 5 heteroatoms. The van der Waals surface area contributed by atoms with Crippen LogP contribution >= 0.6 is 0 Å². The highest BCUT2D eigenvalue weighted by atomic mass is 16.4. The molecule has 0 bridgehead atoms. The van der Waals surface area contributed by atoms with Gasteiger partial charge in [-0.25, -0.2) is 0 Å². The van der Waals surface area contributed by atoms with E-state index in [1.165, 1.54) is 0 Å². The molecule has 5 nitrogen and oxygen atoms in total. The van der Waals surface area contributed by atoms with E-state index in [0.717, 1.165) is 16.7 Å². The highest BCUT2D eigenvalue weighted by Crippen LogP contribution is 2.12. The molecule has 170 valence electrons. The van der Waals surface area contributed by atoms with Gasteiger partial charge in [0.25, 0.3) is 0 Å². The number of hydrogen-bond donors (Lipinski definition) is 2. The molecule has 0 spiro atoms. The summed E-state index contributed by atoms with van der Waals surface area (Å²) in [5.41, 5.74) is 8.94. The van der Waals surface area contributed by atoms with Gasteiger partial charge in [-0.1, -0.05) is 115 Å². The van der Waals surface area contributed by atoms with Gasteiger partial charge >= 0.3 is 5.97 Å². The van der Waals surface area contributed by atoms with E-state index in [9.17, 15) is 14.4 Å². The number of rotatable bonds is 7. The number of benzene rings is 4. The minimum Gasteiger partial charge on any atom is -0.480 e. The van der Waals surface area contributed by atoms with Crippen molar-refractivity contribution in [1.82, 2.24) is 0 Å². The van der Waals surface area contributed by atoms with E-state index in [-0.39, 0.29) is 18.0 Å². The van der Waals surface area contributed by atoms with E-state index in [0.29, 0.717) is 11.1 Å². The summed E-state index contributed by atoms with van der Waals surface area (Å²) in [5, 5.41) is 8.76. The molecule has 0 saturated heterocycles. The first-order valence-corrected chi connectivity index (χ1v) is 10.8. The van der Waals surface area contributed by atoms with Crippen LogP contribution in [0.15, 0.2) is 115 Å². The van der Waals surface area contributed by atoms with Gasteiger partial charge in [-0.15, -0.1) is 0 Å². The third-order valence-electron chi connectivity index (χ3n) is 5.10. The third-order valence-corrected chi connectivity index (χ3v) is 5.10. The summed E-state index contributed by atoms with van der Waals surface area (Å²) in [6, 6.07) is 33.5. The molecule has 4 aromatic rings. The lowest BCUT2D eigenvalue weighted by Crippen LogP contribution is -2.32. The lowest BCUT2D eigenvalue weighted by molar-refractivity contribution is -0.138. The summed E-state index contributed by atoms with van der Waals surface area (Å²) in [5.74, 6) is -1.01. The van der Waals surface area contributed by atoms with Crippen molar-refractivity contribution in [3.8, 4) is 0 Å². The summed E-state index contributed by atoms with van der Waals surface area (Å²) in [4.78, 5) is 34.7. The van der Waals surface area contributed by atoms with Gasteiger partial charge in [-0.05, 0) is 12.0 Å². The van der Waals surface area contributed by atoms with Crippen LogP contribution in [0.4, 0.5) is 0 Å². The van der Waals surface area contributed by atoms with Gasteiger partial charge in [0.15, 0.2) is 11.6 Å². The Bertz CT molecular complexity index is 1180. The first kappa shape index (κ1) is 24.3. The summed E-state index contributed by atoms with van der Waals surface area (Å²) >= 11 is 0. The number of carbonyl (C=O) groups excluding carboxylic acids is 2. The zero-order chi connectivity index (χ0) is 24.3. The molecule has 0 fully saturated rings. The van der Waals surface area contributed by atoms with Crippen molar-refractivity contribution < 1.29 is 19.5 Å². The molecule has 3 N–H and O–H groups in total. The van der Waals surface area contributed by atoms with Gasteiger partial charge in [-0.3, -0.25) is 14.4 Å². The Kier molecular flexibility index (Phi) is 8.60. The van der Waals surface area contributed by atoms with Crippen LogP contribution in [0, 0.1) is 0 Å². The lowest BCUT2D eigenvalue weighted by atomic mass is 10.00. The van der Waals surface area contributed by atoms with Crippen LogP contribution in [-0.2, 0) is 11.2 Å². The topological polar surface area (TPSA) is 97.5 Å². The molecular weight excluding hydrogens is 426 g/mol. The fraction of sp³-hybridized carbons (Fsp3) is 0.0690. The Hall–Kier alpha value is -4.35. The molecule has 0 aliphatic rings. The molecule has 0 radical (unpaired) electrons. The van der Waals surface area contributed by atoms with Crippen LogP contribution in [0.25, 0.3) is 0 Å². The van der Waals surface area contributed by atoms with Gasteiger partial charge < -0.3 is 10.8 Å². The number of carboxylic acids is 1. The van der Waals surface area contributed by atoms with Gasteiger partial charge in [0, 0.05) is 22.3 Å². The number of aliphatic carboxylic acids is 1. The third kappa shape index (κ3) is 6.82. The van der Waals surface area contributed by atoms with Crippen molar-refractivity contribution in [1.29, 1.82) is 0 Å². The number of carbonyl (C=O) groups is 3. The second kappa shape index (κ2) is 12.0. The highest BCUT2D eigenvalue weighted by molar-refractivity contribution is 6.09. The predicted molar refractivity (Wildman–Crippen MR) is 132 cm³/mol. The fourth-order valence-corrected chi connectivity index (χ4v) is 3.24. The van der Waals surface area contributed by atoms with Crippen LogP contribution in [0.1, 0.15) is 37.4 Å². The molecular formula is C29H25NO4. The summed E-state index contributed by atoms with van der Waals surface area (Å²) in [6.45, 7) is 0. The standard InChI is InChI=1S/C16H15NO3.C13H10O/c17-14(16(19)20)10-11-6-8-13(9-7-11)15(18)12-4-2-1-3-5-12;14-13(11-7-3-1-4-8-11)12-9-5-2-6-10-12/h1-9,14H,10,17H2,(H,19,20);1-10H/t14-;/m0./s1. The molecule has 0 heterocycles. The van der Waals surface area contributed by atoms with Crippen molar-refractivity contribution in [3.05, 3.63) is 143 Å². The van der Waals surface area contributed by atoms with E-state index >= 15 is 0 Å². The zero-order valence-corrected chi connectivity index (χ0v) is 18.5. The number of ketones is 2. The lowest BCUT2D eigenvalue weighted by Gasteiger charge is -2.07. The van der Waals surface area contributed by atoms with E-state index in [2.05, 4.69) is 0 Å². The zero-order valence-electron chi connectivity index (χ0n) is 18.5. The van der Waals surface area contributed by atoms with E-state index < -0.39 is 12.0 Å². The maximum Gasteiger partial charge on any atom is 0.320 e. The SMILES string of the molecule is N[C@@H](Cc1ccc(C(=O)c2ccccc2)cc1)C(=O)O.O=C(c1ccccc1)c1ccccc1. The Morgan fingerprint density at radius 1 is 0.559 bits per heavy atom. The van der Waals surface area contributed by atoms with Crippen molar-refractivity contribution in [3.63, 3.8) is 0 Å². The fourth-order valence-electron chi connectivity index (χ4n) is 3.24. The minimum absolute atomic E-state index is 0.0558. The Morgan fingerprint density at radius 2 is 0.882 bits per heavy atom. The van der Waals surface area contributed by atoms with Gasteiger partial charge in [0.05, 0.1) is 0 Å². The van der Waals surface area contributed by atoms with Crippen LogP contribution in [-0.4, -0.2) is 28.7 Å². The monoisotopic (exact) mass is 451 g/mol. The molecule has 0 amide bonds. The number of carboxylic acid groups (broad SMARTS) is 1. The molecule has 1 atom stereocenters. The smallest absolute Gasteiger partial charge is 0.320 e. The van der Waals surface area contributed by atoms with Crippen LogP contribution in [0.3, 0.4) is 0 Å². The maximum absolute atomic E-state index is 12.2. The molecule has 0 aliphatic carbocycles. The minimum atomic E-state index is -1.03. The molecule has 4 rings (SSSR count). The first-order valence-electron chi connectivity index (χ1n) is 10.8. The van der Waals surface area contributed by atoms with Gasteiger partial charge in [-0.2, -0.15) is 0 Å². The molecule has 4 aromatic carbocycles. The van der Waals surface area contributed by atoms with Crippen molar-refractivity contribution in [2.45, 2.75) is 12.5 Å². The average Bonchev–Trinajstić information content (AvgIpc) is 2.90. The molecule has 0 aliphatic heterocycles.